The van der Waals surface area contributed by atoms with Gasteiger partial charge in [-0.3, -0.25) is 0 Å². The summed E-state index contributed by atoms with van der Waals surface area (Å²) in [5.74, 6) is 1.28. The van der Waals surface area contributed by atoms with Crippen LogP contribution in [0, 0.1) is 12.8 Å². The molecule has 92 valence electrons. The average molecular weight is 232 g/mol. The minimum absolute atomic E-state index is 0.0517. The molecule has 1 aromatic heterocycles. The molecule has 0 aliphatic heterocycles. The number of ether oxygens (including phenoxy) is 1. The third-order valence-corrected chi connectivity index (χ3v) is 3.29. The molecule has 1 heterocycles. The first-order valence-electron chi connectivity index (χ1n) is 5.96. The van der Waals surface area contributed by atoms with Gasteiger partial charge in [0.25, 0.3) is 0 Å². The van der Waals surface area contributed by atoms with Gasteiger partial charge in [0.2, 0.25) is 0 Å². The van der Waals surface area contributed by atoms with Gasteiger partial charge in [-0.05, 0) is 36.6 Å². The van der Waals surface area contributed by atoms with Crippen LogP contribution in [0.2, 0.25) is 0 Å². The molecule has 0 fully saturated rings. The number of H-pyrrole nitrogens is 1. The second-order valence-electron chi connectivity index (χ2n) is 4.84. The van der Waals surface area contributed by atoms with E-state index in [1.165, 1.54) is 10.9 Å². The zero-order valence-electron chi connectivity index (χ0n) is 10.9. The number of methoxy groups -OCH3 is 1. The SMILES string of the molecule is COc1ccc2[nH]c(C)c(C(N)C(C)C)c2c1. The molecule has 3 N–H and O–H groups in total. The van der Waals surface area contributed by atoms with Crippen molar-refractivity contribution in [1.82, 2.24) is 4.98 Å². The summed E-state index contributed by atoms with van der Waals surface area (Å²) in [5.41, 5.74) is 9.75. The topological polar surface area (TPSA) is 51.0 Å². The third kappa shape index (κ3) is 2.03. The van der Waals surface area contributed by atoms with Crippen molar-refractivity contribution < 1.29 is 4.74 Å². The second-order valence-corrected chi connectivity index (χ2v) is 4.84. The second kappa shape index (κ2) is 4.41. The van der Waals surface area contributed by atoms with E-state index in [1.54, 1.807) is 7.11 Å². The molecule has 0 aliphatic rings. The predicted octanol–water partition coefficient (Wildman–Crippen LogP) is 3.14. The first-order valence-corrected chi connectivity index (χ1v) is 5.96. The van der Waals surface area contributed by atoms with Crippen LogP contribution >= 0.6 is 0 Å². The van der Waals surface area contributed by atoms with Crippen LogP contribution in [-0.4, -0.2) is 12.1 Å². The van der Waals surface area contributed by atoms with Gasteiger partial charge in [-0.1, -0.05) is 13.8 Å². The quantitative estimate of drug-likeness (QED) is 0.854. The minimum atomic E-state index is 0.0517. The Bertz CT molecular complexity index is 528. The van der Waals surface area contributed by atoms with Gasteiger partial charge in [0, 0.05) is 22.6 Å². The predicted molar refractivity (Wildman–Crippen MR) is 71.4 cm³/mol. The first-order chi connectivity index (χ1) is 8.04. The molecular formula is C14H20N2O. The summed E-state index contributed by atoms with van der Waals surface area (Å²) >= 11 is 0. The van der Waals surface area contributed by atoms with Crippen LogP contribution in [0.25, 0.3) is 10.9 Å². The van der Waals surface area contributed by atoms with Crippen LogP contribution in [0.4, 0.5) is 0 Å². The molecule has 0 spiro atoms. The average Bonchev–Trinajstić information content (AvgIpc) is 2.62. The van der Waals surface area contributed by atoms with E-state index in [2.05, 4.69) is 31.8 Å². The largest absolute Gasteiger partial charge is 0.497 e. The zero-order valence-corrected chi connectivity index (χ0v) is 10.9. The molecule has 2 aromatic rings. The summed E-state index contributed by atoms with van der Waals surface area (Å²) in [7, 11) is 1.68. The van der Waals surface area contributed by atoms with Gasteiger partial charge in [0.1, 0.15) is 5.75 Å². The molecule has 0 amide bonds. The zero-order chi connectivity index (χ0) is 12.6. The normalized spacial score (nSPS) is 13.3. The van der Waals surface area contributed by atoms with Crippen molar-refractivity contribution in [2.45, 2.75) is 26.8 Å². The molecular weight excluding hydrogens is 212 g/mol. The summed E-state index contributed by atoms with van der Waals surface area (Å²) in [5, 5.41) is 1.17. The van der Waals surface area contributed by atoms with Crippen molar-refractivity contribution in [2.75, 3.05) is 7.11 Å². The van der Waals surface area contributed by atoms with Crippen LogP contribution < -0.4 is 10.5 Å². The molecule has 3 heteroatoms. The number of hydrogen-bond acceptors (Lipinski definition) is 2. The van der Waals surface area contributed by atoms with Crippen LogP contribution in [0.15, 0.2) is 18.2 Å². The lowest BCUT2D eigenvalue weighted by Gasteiger charge is -2.16. The summed E-state index contributed by atoms with van der Waals surface area (Å²) in [6.45, 7) is 6.36. The Labute approximate surface area is 102 Å². The number of aryl methyl sites for hydroxylation is 1. The van der Waals surface area contributed by atoms with E-state index in [-0.39, 0.29) is 6.04 Å². The van der Waals surface area contributed by atoms with E-state index in [4.69, 9.17) is 10.5 Å². The summed E-state index contributed by atoms with van der Waals surface area (Å²) in [6, 6.07) is 6.10. The van der Waals surface area contributed by atoms with Gasteiger partial charge in [-0.25, -0.2) is 0 Å². The highest BCUT2D eigenvalue weighted by molar-refractivity contribution is 5.86. The molecule has 0 aliphatic carbocycles. The summed E-state index contributed by atoms with van der Waals surface area (Å²) in [6.07, 6.45) is 0. The maximum atomic E-state index is 6.28. The molecule has 3 nitrogen and oxygen atoms in total. The van der Waals surface area contributed by atoms with Crippen LogP contribution in [-0.2, 0) is 0 Å². The van der Waals surface area contributed by atoms with Crippen LogP contribution in [0.5, 0.6) is 5.75 Å². The molecule has 0 bridgehead atoms. The van der Waals surface area contributed by atoms with Gasteiger partial charge >= 0.3 is 0 Å². The number of aromatic amines is 1. The van der Waals surface area contributed by atoms with Crippen molar-refractivity contribution in [3.8, 4) is 5.75 Å². The fourth-order valence-electron chi connectivity index (χ4n) is 2.22. The van der Waals surface area contributed by atoms with E-state index >= 15 is 0 Å². The third-order valence-electron chi connectivity index (χ3n) is 3.29. The van der Waals surface area contributed by atoms with Gasteiger partial charge < -0.3 is 15.5 Å². The van der Waals surface area contributed by atoms with E-state index in [0.29, 0.717) is 5.92 Å². The molecule has 1 unspecified atom stereocenters. The highest BCUT2D eigenvalue weighted by Crippen LogP contribution is 2.32. The van der Waals surface area contributed by atoms with Gasteiger partial charge in [-0.15, -0.1) is 0 Å². The molecule has 17 heavy (non-hydrogen) atoms. The lowest BCUT2D eigenvalue weighted by atomic mass is 9.94. The fraction of sp³-hybridized carbons (Fsp3) is 0.429. The number of nitrogens with one attached hydrogen (secondary N) is 1. The van der Waals surface area contributed by atoms with Gasteiger partial charge in [-0.2, -0.15) is 0 Å². The van der Waals surface area contributed by atoms with E-state index < -0.39 is 0 Å². The van der Waals surface area contributed by atoms with E-state index in [0.717, 1.165) is 17.0 Å². The number of nitrogens with two attached hydrogens (primary N) is 1. The highest BCUT2D eigenvalue weighted by atomic mass is 16.5. The van der Waals surface area contributed by atoms with E-state index in [9.17, 15) is 0 Å². The van der Waals surface area contributed by atoms with E-state index in [1.807, 2.05) is 12.1 Å². The van der Waals surface area contributed by atoms with Crippen molar-refractivity contribution in [3.05, 3.63) is 29.5 Å². The molecule has 0 radical (unpaired) electrons. The number of hydrogen-bond donors (Lipinski definition) is 2. The Morgan fingerprint density at radius 2 is 2.00 bits per heavy atom. The smallest absolute Gasteiger partial charge is 0.119 e. The standard InChI is InChI=1S/C14H20N2O/c1-8(2)14(15)13-9(3)16-12-6-5-10(17-4)7-11(12)13/h5-8,14,16H,15H2,1-4H3. The number of fused-ring (bicyclic) bond motifs is 1. The number of rotatable bonds is 3. The van der Waals surface area contributed by atoms with Crippen molar-refractivity contribution in [2.24, 2.45) is 11.7 Å². The summed E-state index contributed by atoms with van der Waals surface area (Å²) < 4.78 is 5.27. The minimum Gasteiger partial charge on any atom is -0.497 e. The van der Waals surface area contributed by atoms with Crippen molar-refractivity contribution in [3.63, 3.8) is 0 Å². The Balaban J connectivity index is 2.64. The maximum Gasteiger partial charge on any atom is 0.119 e. The molecule has 2 rings (SSSR count). The fourth-order valence-corrected chi connectivity index (χ4v) is 2.22. The van der Waals surface area contributed by atoms with Gasteiger partial charge in [0.15, 0.2) is 0 Å². The maximum absolute atomic E-state index is 6.28. The molecule has 1 atom stereocenters. The monoisotopic (exact) mass is 232 g/mol. The molecule has 0 saturated carbocycles. The highest BCUT2D eigenvalue weighted by Gasteiger charge is 2.18. The van der Waals surface area contributed by atoms with Crippen molar-refractivity contribution >= 4 is 10.9 Å². The lowest BCUT2D eigenvalue weighted by Crippen LogP contribution is -2.17. The van der Waals surface area contributed by atoms with Gasteiger partial charge in [0.05, 0.1) is 7.11 Å². The molecule has 1 aromatic carbocycles. The Kier molecular flexibility index (Phi) is 3.11. The van der Waals surface area contributed by atoms with Crippen LogP contribution in [0.1, 0.15) is 31.1 Å². The Morgan fingerprint density at radius 3 is 2.59 bits per heavy atom. The van der Waals surface area contributed by atoms with Crippen molar-refractivity contribution in [1.29, 1.82) is 0 Å². The Hall–Kier alpha value is -1.48. The number of aromatic nitrogens is 1. The summed E-state index contributed by atoms with van der Waals surface area (Å²) in [4.78, 5) is 3.38. The first kappa shape index (κ1) is 12.0. The molecule has 0 saturated heterocycles. The lowest BCUT2D eigenvalue weighted by molar-refractivity contribution is 0.415. The Morgan fingerprint density at radius 1 is 1.29 bits per heavy atom. The van der Waals surface area contributed by atoms with Crippen LogP contribution in [0.3, 0.4) is 0 Å². The number of benzene rings is 1.